The highest BCUT2D eigenvalue weighted by Crippen LogP contribution is 2.33. The first-order valence-corrected chi connectivity index (χ1v) is 9.03. The largest absolute Gasteiger partial charge is 0.493 e. The number of amides is 2. The van der Waals surface area contributed by atoms with Crippen molar-refractivity contribution in [2.24, 2.45) is 5.92 Å². The number of benzene rings is 1. The molecule has 1 spiro atoms. The Morgan fingerprint density at radius 2 is 2.28 bits per heavy atom. The third kappa shape index (κ3) is 4.25. The zero-order valence-electron chi connectivity index (χ0n) is 15.3. The minimum atomic E-state index is -0.363. The number of urea groups is 1. The Balaban J connectivity index is 1.61. The van der Waals surface area contributed by atoms with Crippen molar-refractivity contribution >= 4 is 11.7 Å². The van der Waals surface area contributed by atoms with E-state index in [9.17, 15) is 4.79 Å². The Labute approximate surface area is 149 Å². The van der Waals surface area contributed by atoms with E-state index in [0.717, 1.165) is 17.9 Å². The number of anilines is 1. The zero-order valence-corrected chi connectivity index (χ0v) is 15.3. The number of hydrogen-bond donors (Lipinski definition) is 1. The van der Waals surface area contributed by atoms with E-state index in [1.54, 1.807) is 0 Å². The molecule has 0 aliphatic carbocycles. The minimum Gasteiger partial charge on any atom is -0.493 e. The summed E-state index contributed by atoms with van der Waals surface area (Å²) >= 11 is 0. The molecule has 0 unspecified atom stereocenters. The average Bonchev–Trinajstić information content (AvgIpc) is 2.93. The van der Waals surface area contributed by atoms with Crippen molar-refractivity contribution in [3.63, 3.8) is 0 Å². The quantitative estimate of drug-likeness (QED) is 0.908. The SMILES string of the molecule is CC(C)COc1cccc(NC(=O)N2CCO[C@@]3(CCO[C@@H]3C)C2)c1. The lowest BCUT2D eigenvalue weighted by atomic mass is 9.94. The summed E-state index contributed by atoms with van der Waals surface area (Å²) in [5.74, 6) is 1.22. The molecule has 6 nitrogen and oxygen atoms in total. The molecule has 0 saturated carbocycles. The number of nitrogens with one attached hydrogen (secondary N) is 1. The molecule has 1 aromatic carbocycles. The molecule has 2 saturated heterocycles. The lowest BCUT2D eigenvalue weighted by Gasteiger charge is -2.41. The lowest BCUT2D eigenvalue weighted by Crippen LogP contribution is -2.57. The molecule has 6 heteroatoms. The van der Waals surface area contributed by atoms with Crippen LogP contribution in [0.1, 0.15) is 27.2 Å². The molecule has 2 fully saturated rings. The van der Waals surface area contributed by atoms with Crippen LogP contribution in [-0.4, -0.2) is 55.5 Å². The summed E-state index contributed by atoms with van der Waals surface area (Å²) in [7, 11) is 0. The number of carbonyl (C=O) groups excluding carboxylic acids is 1. The van der Waals surface area contributed by atoms with Gasteiger partial charge >= 0.3 is 6.03 Å². The lowest BCUT2D eigenvalue weighted by molar-refractivity contribution is -0.124. The topological polar surface area (TPSA) is 60.0 Å². The summed E-state index contributed by atoms with van der Waals surface area (Å²) in [4.78, 5) is 14.5. The molecule has 0 bridgehead atoms. The van der Waals surface area contributed by atoms with Crippen LogP contribution < -0.4 is 10.1 Å². The summed E-state index contributed by atoms with van der Waals surface area (Å²) in [5, 5.41) is 2.97. The zero-order chi connectivity index (χ0) is 17.9. The fraction of sp³-hybridized carbons (Fsp3) is 0.632. The molecule has 2 heterocycles. The molecule has 1 N–H and O–H groups in total. The highest BCUT2D eigenvalue weighted by molar-refractivity contribution is 5.89. The summed E-state index contributed by atoms with van der Waals surface area (Å²) in [6, 6.07) is 7.41. The van der Waals surface area contributed by atoms with Crippen molar-refractivity contribution in [3.05, 3.63) is 24.3 Å². The first-order valence-electron chi connectivity index (χ1n) is 9.03. The van der Waals surface area contributed by atoms with Crippen molar-refractivity contribution in [2.75, 3.05) is 38.2 Å². The molecule has 0 aromatic heterocycles. The number of carbonyl (C=O) groups is 1. The van der Waals surface area contributed by atoms with Gasteiger partial charge in [-0.1, -0.05) is 19.9 Å². The molecule has 138 valence electrons. The molecular weight excluding hydrogens is 320 g/mol. The Morgan fingerprint density at radius 1 is 1.44 bits per heavy atom. The van der Waals surface area contributed by atoms with Crippen LogP contribution in [0.5, 0.6) is 5.75 Å². The second-order valence-electron chi connectivity index (χ2n) is 7.26. The van der Waals surface area contributed by atoms with Gasteiger partial charge in [0.1, 0.15) is 11.4 Å². The Bertz CT molecular complexity index is 607. The predicted octanol–water partition coefficient (Wildman–Crippen LogP) is 3.13. The molecule has 2 amide bonds. The van der Waals surface area contributed by atoms with Gasteiger partial charge in [0.2, 0.25) is 0 Å². The first kappa shape index (κ1) is 18.0. The van der Waals surface area contributed by atoms with Gasteiger partial charge in [0, 0.05) is 31.3 Å². The van der Waals surface area contributed by atoms with Gasteiger partial charge in [-0.3, -0.25) is 0 Å². The van der Waals surface area contributed by atoms with Crippen LogP contribution in [0.3, 0.4) is 0 Å². The Morgan fingerprint density at radius 3 is 3.00 bits per heavy atom. The van der Waals surface area contributed by atoms with Gasteiger partial charge in [0.05, 0.1) is 25.9 Å². The van der Waals surface area contributed by atoms with Gasteiger partial charge < -0.3 is 24.4 Å². The standard InChI is InChI=1S/C19H28N2O4/c1-14(2)12-24-17-6-4-5-16(11-17)20-18(22)21-8-10-25-19(13-21)7-9-23-15(19)3/h4-6,11,14-15H,7-10,12-13H2,1-3H3,(H,20,22)/t15-,19+/m1/s1. The van der Waals surface area contributed by atoms with Gasteiger partial charge in [-0.25, -0.2) is 4.79 Å². The van der Waals surface area contributed by atoms with E-state index in [1.165, 1.54) is 0 Å². The highest BCUT2D eigenvalue weighted by Gasteiger charge is 2.47. The maximum Gasteiger partial charge on any atom is 0.322 e. The fourth-order valence-corrected chi connectivity index (χ4v) is 3.27. The second kappa shape index (κ2) is 7.62. The third-order valence-electron chi connectivity index (χ3n) is 4.80. The summed E-state index contributed by atoms with van der Waals surface area (Å²) in [6.07, 6.45) is 0.840. The maximum absolute atomic E-state index is 12.7. The van der Waals surface area contributed by atoms with Gasteiger partial charge in [-0.05, 0) is 25.0 Å². The van der Waals surface area contributed by atoms with Crippen LogP contribution in [-0.2, 0) is 9.47 Å². The molecule has 1 aromatic rings. The average molecular weight is 348 g/mol. The number of ether oxygens (including phenoxy) is 3. The Kier molecular flexibility index (Phi) is 5.49. The number of nitrogens with zero attached hydrogens (tertiary/aromatic N) is 1. The summed E-state index contributed by atoms with van der Waals surface area (Å²) in [5.41, 5.74) is 0.375. The molecular formula is C19H28N2O4. The van der Waals surface area contributed by atoms with Crippen LogP contribution >= 0.6 is 0 Å². The van der Waals surface area contributed by atoms with Crippen LogP contribution in [0, 0.1) is 5.92 Å². The van der Waals surface area contributed by atoms with E-state index < -0.39 is 0 Å². The molecule has 2 aliphatic heterocycles. The van der Waals surface area contributed by atoms with Crippen molar-refractivity contribution in [1.29, 1.82) is 0 Å². The smallest absolute Gasteiger partial charge is 0.322 e. The molecule has 3 rings (SSSR count). The van der Waals surface area contributed by atoms with E-state index in [0.29, 0.717) is 38.8 Å². The highest BCUT2D eigenvalue weighted by atomic mass is 16.6. The molecule has 25 heavy (non-hydrogen) atoms. The van der Waals surface area contributed by atoms with Crippen LogP contribution in [0.25, 0.3) is 0 Å². The second-order valence-corrected chi connectivity index (χ2v) is 7.26. The number of morpholine rings is 1. The molecule has 2 atom stereocenters. The van der Waals surface area contributed by atoms with Crippen molar-refractivity contribution in [2.45, 2.75) is 38.9 Å². The first-order chi connectivity index (χ1) is 12.0. The van der Waals surface area contributed by atoms with E-state index in [1.807, 2.05) is 36.1 Å². The van der Waals surface area contributed by atoms with Gasteiger partial charge in [0.15, 0.2) is 0 Å². The Hall–Kier alpha value is -1.79. The van der Waals surface area contributed by atoms with Gasteiger partial charge in [0.25, 0.3) is 0 Å². The van der Waals surface area contributed by atoms with Crippen molar-refractivity contribution in [3.8, 4) is 5.75 Å². The van der Waals surface area contributed by atoms with Crippen LogP contribution in [0.15, 0.2) is 24.3 Å². The third-order valence-corrected chi connectivity index (χ3v) is 4.80. The van der Waals surface area contributed by atoms with E-state index in [-0.39, 0.29) is 17.7 Å². The van der Waals surface area contributed by atoms with Crippen LogP contribution in [0.4, 0.5) is 10.5 Å². The van der Waals surface area contributed by atoms with Gasteiger partial charge in [-0.2, -0.15) is 0 Å². The molecule has 0 radical (unpaired) electrons. The van der Waals surface area contributed by atoms with Crippen molar-refractivity contribution in [1.82, 2.24) is 4.90 Å². The fourth-order valence-electron chi connectivity index (χ4n) is 3.27. The summed E-state index contributed by atoms with van der Waals surface area (Å²) in [6.45, 7) is 9.25. The predicted molar refractivity (Wildman–Crippen MR) is 96.1 cm³/mol. The number of rotatable bonds is 4. The normalized spacial score (nSPS) is 26.2. The maximum atomic E-state index is 12.7. The summed E-state index contributed by atoms with van der Waals surface area (Å²) < 4.78 is 17.4. The van der Waals surface area contributed by atoms with E-state index >= 15 is 0 Å². The van der Waals surface area contributed by atoms with Crippen LogP contribution in [0.2, 0.25) is 0 Å². The van der Waals surface area contributed by atoms with Gasteiger partial charge in [-0.15, -0.1) is 0 Å². The minimum absolute atomic E-state index is 0.0101. The monoisotopic (exact) mass is 348 g/mol. The van der Waals surface area contributed by atoms with E-state index in [4.69, 9.17) is 14.2 Å². The van der Waals surface area contributed by atoms with Crippen molar-refractivity contribution < 1.29 is 19.0 Å². The van der Waals surface area contributed by atoms with E-state index in [2.05, 4.69) is 19.2 Å². The molecule has 2 aliphatic rings. The number of hydrogen-bond acceptors (Lipinski definition) is 4.